The summed E-state index contributed by atoms with van der Waals surface area (Å²) in [5.41, 5.74) is 0.305. The van der Waals surface area contributed by atoms with Gasteiger partial charge >= 0.3 is 0 Å². The van der Waals surface area contributed by atoms with Crippen molar-refractivity contribution in [3.05, 3.63) is 28.3 Å². The van der Waals surface area contributed by atoms with Gasteiger partial charge in [-0.3, -0.25) is 14.5 Å². The number of nitrogens with zero attached hydrogens (tertiary/aromatic N) is 3. The molecule has 0 saturated carbocycles. The number of benzene rings is 1. The Bertz CT molecular complexity index is 919. The highest BCUT2D eigenvalue weighted by Crippen LogP contribution is 2.29. The number of nitrogens with one attached hydrogen (secondary N) is 1. The van der Waals surface area contributed by atoms with Crippen molar-refractivity contribution in [1.82, 2.24) is 19.8 Å². The van der Waals surface area contributed by atoms with Crippen molar-refractivity contribution in [2.45, 2.75) is 45.6 Å². The molecule has 0 atom stereocenters. The average Bonchev–Trinajstić information content (AvgIpc) is 2.72. The summed E-state index contributed by atoms with van der Waals surface area (Å²) in [6, 6.07) is 3.33. The number of carbonyl (C=O) groups is 1. The predicted molar refractivity (Wildman–Crippen MR) is 116 cm³/mol. The summed E-state index contributed by atoms with van der Waals surface area (Å²) in [5, 5.41) is 0.441. The molecule has 1 aliphatic rings. The van der Waals surface area contributed by atoms with Crippen molar-refractivity contribution >= 4 is 16.8 Å². The monoisotopic (exact) mass is 416 g/mol. The van der Waals surface area contributed by atoms with Crippen LogP contribution in [-0.4, -0.2) is 66.1 Å². The van der Waals surface area contributed by atoms with Gasteiger partial charge in [0.1, 0.15) is 5.82 Å². The Morgan fingerprint density at radius 3 is 2.37 bits per heavy atom. The Labute approximate surface area is 177 Å². The maximum Gasteiger partial charge on any atom is 0.258 e. The molecule has 0 aliphatic carbocycles. The summed E-state index contributed by atoms with van der Waals surface area (Å²) in [4.78, 5) is 36.8. The molecule has 2 aromatic rings. The van der Waals surface area contributed by atoms with Gasteiger partial charge in [0.2, 0.25) is 5.91 Å². The minimum absolute atomic E-state index is 0.147. The van der Waals surface area contributed by atoms with Crippen LogP contribution in [0.2, 0.25) is 0 Å². The molecule has 0 radical (unpaired) electrons. The van der Waals surface area contributed by atoms with E-state index in [1.165, 1.54) is 26.4 Å². The number of ether oxygens (including phenoxy) is 2. The fourth-order valence-electron chi connectivity index (χ4n) is 3.87. The molecule has 1 aromatic carbocycles. The van der Waals surface area contributed by atoms with E-state index >= 15 is 0 Å². The lowest BCUT2D eigenvalue weighted by Crippen LogP contribution is -2.41. The molecule has 0 spiro atoms. The lowest BCUT2D eigenvalue weighted by atomic mass is 10.1. The van der Waals surface area contributed by atoms with E-state index in [9.17, 15) is 9.59 Å². The third kappa shape index (κ3) is 5.30. The molecule has 1 amide bonds. The Kier molecular flexibility index (Phi) is 7.68. The number of aromatic amines is 1. The average molecular weight is 417 g/mol. The normalized spacial score (nSPS) is 15.1. The van der Waals surface area contributed by atoms with Crippen molar-refractivity contribution in [3.63, 3.8) is 0 Å². The van der Waals surface area contributed by atoms with E-state index in [4.69, 9.17) is 9.47 Å². The Balaban J connectivity index is 1.75. The number of methoxy groups -OCH3 is 2. The lowest BCUT2D eigenvalue weighted by molar-refractivity contribution is -0.132. The smallest absolute Gasteiger partial charge is 0.258 e. The van der Waals surface area contributed by atoms with Gasteiger partial charge in [0.05, 0.1) is 38.2 Å². The van der Waals surface area contributed by atoms with E-state index in [0.29, 0.717) is 47.9 Å². The first kappa shape index (κ1) is 22.1. The van der Waals surface area contributed by atoms with Crippen LogP contribution < -0.4 is 15.0 Å². The molecule has 1 N–H and O–H groups in total. The molecular weight excluding hydrogens is 384 g/mol. The second kappa shape index (κ2) is 10.4. The third-order valence-electron chi connectivity index (χ3n) is 5.65. The Hall–Kier alpha value is -2.61. The van der Waals surface area contributed by atoms with Gasteiger partial charge in [0, 0.05) is 19.2 Å². The molecule has 3 rings (SSSR count). The SMILES string of the molecule is CCN(CC(=O)N1CCCCCCC1)Cc1nc2cc(OC)c(OC)cc2c(=O)[nH]1. The first-order chi connectivity index (χ1) is 14.5. The zero-order valence-electron chi connectivity index (χ0n) is 18.2. The molecule has 2 heterocycles. The van der Waals surface area contributed by atoms with Gasteiger partial charge in [-0.15, -0.1) is 0 Å². The maximum atomic E-state index is 12.8. The molecule has 1 aromatic heterocycles. The van der Waals surface area contributed by atoms with Crippen molar-refractivity contribution in [2.24, 2.45) is 0 Å². The van der Waals surface area contributed by atoms with Gasteiger partial charge in [0.25, 0.3) is 5.56 Å². The van der Waals surface area contributed by atoms with E-state index in [1.807, 2.05) is 16.7 Å². The zero-order valence-corrected chi connectivity index (χ0v) is 18.2. The summed E-state index contributed by atoms with van der Waals surface area (Å²) in [6.45, 7) is 5.09. The molecule has 30 heavy (non-hydrogen) atoms. The van der Waals surface area contributed by atoms with E-state index < -0.39 is 0 Å². The number of amides is 1. The molecule has 1 fully saturated rings. The fourth-order valence-corrected chi connectivity index (χ4v) is 3.87. The van der Waals surface area contributed by atoms with E-state index in [0.717, 1.165) is 25.9 Å². The number of H-pyrrole nitrogens is 1. The number of likely N-dealkylation sites (tertiary alicyclic amines) is 1. The Morgan fingerprint density at radius 1 is 1.10 bits per heavy atom. The van der Waals surface area contributed by atoms with Crippen LogP contribution in [0.4, 0.5) is 0 Å². The standard InChI is InChI=1S/C22H32N4O4/c1-4-25(15-21(27)26-10-8-6-5-7-9-11-26)14-20-23-17-13-19(30-3)18(29-2)12-16(17)22(28)24-20/h12-13H,4-11,14-15H2,1-3H3,(H,23,24,28). The molecular formula is C22H32N4O4. The third-order valence-corrected chi connectivity index (χ3v) is 5.65. The Morgan fingerprint density at radius 2 is 1.73 bits per heavy atom. The summed E-state index contributed by atoms with van der Waals surface area (Å²) < 4.78 is 10.6. The largest absolute Gasteiger partial charge is 0.493 e. The lowest BCUT2D eigenvalue weighted by Gasteiger charge is -2.28. The van der Waals surface area contributed by atoms with E-state index in [-0.39, 0.29) is 11.5 Å². The highest BCUT2D eigenvalue weighted by molar-refractivity contribution is 5.82. The summed E-state index contributed by atoms with van der Waals surface area (Å²) >= 11 is 0. The predicted octanol–water partition coefficient (Wildman–Crippen LogP) is 2.55. The van der Waals surface area contributed by atoms with Crippen molar-refractivity contribution in [3.8, 4) is 11.5 Å². The van der Waals surface area contributed by atoms with Crippen LogP contribution >= 0.6 is 0 Å². The van der Waals surface area contributed by atoms with Crippen LogP contribution in [0.15, 0.2) is 16.9 Å². The molecule has 0 unspecified atom stereocenters. The van der Waals surface area contributed by atoms with Crippen molar-refractivity contribution in [1.29, 1.82) is 0 Å². The van der Waals surface area contributed by atoms with E-state index in [2.05, 4.69) is 9.97 Å². The van der Waals surface area contributed by atoms with Crippen LogP contribution in [0.3, 0.4) is 0 Å². The summed E-state index contributed by atoms with van der Waals surface area (Å²) in [6.07, 6.45) is 5.79. The van der Waals surface area contributed by atoms with Gasteiger partial charge in [-0.05, 0) is 25.5 Å². The van der Waals surface area contributed by atoms with Crippen LogP contribution in [0, 0.1) is 0 Å². The van der Waals surface area contributed by atoms with Crippen molar-refractivity contribution in [2.75, 3.05) is 40.4 Å². The first-order valence-corrected chi connectivity index (χ1v) is 10.7. The van der Waals surface area contributed by atoms with Crippen LogP contribution in [0.1, 0.15) is 44.9 Å². The van der Waals surface area contributed by atoms with Crippen LogP contribution in [0.5, 0.6) is 11.5 Å². The fraction of sp³-hybridized carbons (Fsp3) is 0.591. The molecule has 1 saturated heterocycles. The van der Waals surface area contributed by atoms with Gasteiger partial charge in [-0.1, -0.05) is 26.2 Å². The summed E-state index contributed by atoms with van der Waals surface area (Å²) in [7, 11) is 3.08. The van der Waals surface area contributed by atoms with Crippen LogP contribution in [0.25, 0.3) is 10.9 Å². The number of hydrogen-bond acceptors (Lipinski definition) is 6. The number of likely N-dealkylation sites (N-methyl/N-ethyl adjacent to an activating group) is 1. The molecule has 0 bridgehead atoms. The molecule has 1 aliphatic heterocycles. The van der Waals surface area contributed by atoms with Gasteiger partial charge < -0.3 is 19.4 Å². The number of hydrogen-bond donors (Lipinski definition) is 1. The van der Waals surface area contributed by atoms with Gasteiger partial charge in [0.15, 0.2) is 11.5 Å². The van der Waals surface area contributed by atoms with Crippen molar-refractivity contribution < 1.29 is 14.3 Å². The number of rotatable bonds is 7. The zero-order chi connectivity index (χ0) is 21.5. The topological polar surface area (TPSA) is 87.8 Å². The quantitative estimate of drug-likeness (QED) is 0.746. The summed E-state index contributed by atoms with van der Waals surface area (Å²) in [5.74, 6) is 1.68. The minimum atomic E-state index is -0.234. The second-order valence-corrected chi connectivity index (χ2v) is 7.69. The second-order valence-electron chi connectivity index (χ2n) is 7.69. The highest BCUT2D eigenvalue weighted by atomic mass is 16.5. The minimum Gasteiger partial charge on any atom is -0.493 e. The van der Waals surface area contributed by atoms with E-state index in [1.54, 1.807) is 19.2 Å². The van der Waals surface area contributed by atoms with Crippen LogP contribution in [-0.2, 0) is 11.3 Å². The maximum absolute atomic E-state index is 12.8. The highest BCUT2D eigenvalue weighted by Gasteiger charge is 2.19. The molecule has 8 heteroatoms. The number of carbonyl (C=O) groups excluding carboxylic acids is 1. The molecule has 164 valence electrons. The number of fused-ring (bicyclic) bond motifs is 1. The van der Waals surface area contributed by atoms with Gasteiger partial charge in [-0.2, -0.15) is 0 Å². The van der Waals surface area contributed by atoms with Gasteiger partial charge in [-0.25, -0.2) is 4.98 Å². The molecule has 8 nitrogen and oxygen atoms in total. The number of aromatic nitrogens is 2. The first-order valence-electron chi connectivity index (χ1n) is 10.7.